The van der Waals surface area contributed by atoms with E-state index < -0.39 is 0 Å². The van der Waals surface area contributed by atoms with Crippen molar-refractivity contribution in [2.75, 3.05) is 7.05 Å². The second kappa shape index (κ2) is 7.09. The molecule has 1 aromatic heterocycles. The van der Waals surface area contributed by atoms with Gasteiger partial charge in [-0.2, -0.15) is 0 Å². The number of aryl methyl sites for hydroxylation is 1. The number of fused-ring (bicyclic) bond motifs is 1. The molecule has 2 saturated carbocycles. The third-order valence-corrected chi connectivity index (χ3v) is 6.74. The third kappa shape index (κ3) is 3.46. The molecule has 0 saturated heterocycles. The first kappa shape index (κ1) is 14.6. The zero-order chi connectivity index (χ0) is 13.8. The molecule has 1 N–H and O–H groups in total. The van der Waals surface area contributed by atoms with Crippen LogP contribution in [0, 0.1) is 17.8 Å². The van der Waals surface area contributed by atoms with Gasteiger partial charge in [0.25, 0.3) is 0 Å². The molecule has 1 heterocycles. The van der Waals surface area contributed by atoms with Gasteiger partial charge < -0.3 is 5.32 Å². The Morgan fingerprint density at radius 1 is 1.20 bits per heavy atom. The van der Waals surface area contributed by atoms with Crippen molar-refractivity contribution < 1.29 is 0 Å². The highest BCUT2D eigenvalue weighted by Crippen LogP contribution is 2.44. The Hall–Kier alpha value is -0.340. The lowest BCUT2D eigenvalue weighted by Crippen LogP contribution is -2.39. The van der Waals surface area contributed by atoms with E-state index in [-0.39, 0.29) is 0 Å². The summed E-state index contributed by atoms with van der Waals surface area (Å²) in [4.78, 5) is 1.55. The number of hydrogen-bond acceptors (Lipinski definition) is 2. The molecule has 2 fully saturated rings. The Kier molecular flexibility index (Phi) is 5.17. The first-order valence-corrected chi connectivity index (χ1v) is 9.44. The standard InChI is InChI=1S/C18H29NS/c1-19-18(11-10-17-7-4-12-20-17)16-9-8-14-5-2-3-6-15(14)13-16/h4,7,12,14-16,18-19H,2-3,5-6,8-11,13H2,1H3. The minimum absolute atomic E-state index is 0.736. The van der Waals surface area contributed by atoms with Gasteiger partial charge in [-0.15, -0.1) is 11.3 Å². The van der Waals surface area contributed by atoms with Gasteiger partial charge in [-0.1, -0.05) is 31.7 Å². The van der Waals surface area contributed by atoms with Gasteiger partial charge in [0.05, 0.1) is 0 Å². The van der Waals surface area contributed by atoms with Gasteiger partial charge in [-0.3, -0.25) is 0 Å². The van der Waals surface area contributed by atoms with E-state index in [9.17, 15) is 0 Å². The largest absolute Gasteiger partial charge is 0.317 e. The smallest absolute Gasteiger partial charge is 0.00958 e. The van der Waals surface area contributed by atoms with Gasteiger partial charge in [0.15, 0.2) is 0 Å². The molecule has 1 aromatic rings. The number of hydrogen-bond donors (Lipinski definition) is 1. The summed E-state index contributed by atoms with van der Waals surface area (Å²) >= 11 is 1.91. The van der Waals surface area contributed by atoms with Gasteiger partial charge in [0.1, 0.15) is 0 Å². The molecule has 4 unspecified atom stereocenters. The first-order chi connectivity index (χ1) is 9.86. The third-order valence-electron chi connectivity index (χ3n) is 5.80. The van der Waals surface area contributed by atoms with E-state index in [0.717, 1.165) is 23.8 Å². The summed E-state index contributed by atoms with van der Waals surface area (Å²) in [7, 11) is 2.17. The zero-order valence-electron chi connectivity index (χ0n) is 12.8. The molecule has 2 heteroatoms. The van der Waals surface area contributed by atoms with Crippen molar-refractivity contribution >= 4 is 11.3 Å². The van der Waals surface area contributed by atoms with Crippen molar-refractivity contribution in [1.82, 2.24) is 5.32 Å². The van der Waals surface area contributed by atoms with E-state index in [1.54, 1.807) is 4.88 Å². The molecule has 20 heavy (non-hydrogen) atoms. The van der Waals surface area contributed by atoms with Crippen LogP contribution < -0.4 is 5.32 Å². The predicted octanol–water partition coefficient (Wildman–Crippen LogP) is 4.88. The van der Waals surface area contributed by atoms with Crippen molar-refractivity contribution in [2.24, 2.45) is 17.8 Å². The lowest BCUT2D eigenvalue weighted by atomic mass is 9.66. The first-order valence-electron chi connectivity index (χ1n) is 8.56. The van der Waals surface area contributed by atoms with Crippen LogP contribution in [0.15, 0.2) is 17.5 Å². The van der Waals surface area contributed by atoms with E-state index in [0.29, 0.717) is 0 Å². The summed E-state index contributed by atoms with van der Waals surface area (Å²) in [5, 5.41) is 5.84. The summed E-state index contributed by atoms with van der Waals surface area (Å²) in [6.45, 7) is 0. The molecule has 0 bridgehead atoms. The van der Waals surface area contributed by atoms with Crippen LogP contribution in [0.25, 0.3) is 0 Å². The predicted molar refractivity (Wildman–Crippen MR) is 88.3 cm³/mol. The molecule has 112 valence electrons. The molecular weight excluding hydrogens is 262 g/mol. The lowest BCUT2D eigenvalue weighted by Gasteiger charge is -2.42. The van der Waals surface area contributed by atoms with Crippen LogP contribution in [0.4, 0.5) is 0 Å². The Labute approximate surface area is 128 Å². The molecule has 0 aliphatic heterocycles. The van der Waals surface area contributed by atoms with Crippen molar-refractivity contribution in [3.63, 3.8) is 0 Å². The second-order valence-corrected chi connectivity index (χ2v) is 7.92. The summed E-state index contributed by atoms with van der Waals surface area (Å²) in [6.07, 6.45) is 13.1. The monoisotopic (exact) mass is 291 g/mol. The molecule has 2 aliphatic rings. The molecule has 4 atom stereocenters. The van der Waals surface area contributed by atoms with Crippen LogP contribution in [0.5, 0.6) is 0 Å². The fourth-order valence-electron chi connectivity index (χ4n) is 4.64. The highest BCUT2D eigenvalue weighted by molar-refractivity contribution is 7.09. The average molecular weight is 292 g/mol. The fraction of sp³-hybridized carbons (Fsp3) is 0.778. The molecule has 1 nitrogen and oxygen atoms in total. The van der Waals surface area contributed by atoms with Gasteiger partial charge in [0.2, 0.25) is 0 Å². The summed E-state index contributed by atoms with van der Waals surface area (Å²) in [6, 6.07) is 5.21. The molecular formula is C18H29NS. The Balaban J connectivity index is 1.53. The van der Waals surface area contributed by atoms with Gasteiger partial charge in [-0.05, 0) is 68.4 Å². The summed E-state index contributed by atoms with van der Waals surface area (Å²) in [5.41, 5.74) is 0. The Morgan fingerprint density at radius 2 is 2.05 bits per heavy atom. The maximum absolute atomic E-state index is 3.63. The Bertz CT molecular complexity index is 386. The zero-order valence-corrected chi connectivity index (χ0v) is 13.6. The van der Waals surface area contributed by atoms with Crippen molar-refractivity contribution in [3.8, 4) is 0 Å². The molecule has 0 amide bonds. The highest BCUT2D eigenvalue weighted by Gasteiger charge is 2.34. The Morgan fingerprint density at radius 3 is 2.80 bits per heavy atom. The van der Waals surface area contributed by atoms with Crippen molar-refractivity contribution in [2.45, 2.75) is 63.8 Å². The molecule has 0 spiro atoms. The molecule has 0 radical (unpaired) electrons. The quantitative estimate of drug-likeness (QED) is 0.815. The number of nitrogens with one attached hydrogen (secondary N) is 1. The molecule has 2 aliphatic carbocycles. The minimum atomic E-state index is 0.736. The normalized spacial score (nSPS) is 31.8. The second-order valence-electron chi connectivity index (χ2n) is 6.89. The molecule has 0 aromatic carbocycles. The van der Waals surface area contributed by atoms with Crippen LogP contribution in [0.2, 0.25) is 0 Å². The minimum Gasteiger partial charge on any atom is -0.317 e. The van der Waals surface area contributed by atoms with Gasteiger partial charge in [-0.25, -0.2) is 0 Å². The van der Waals surface area contributed by atoms with Gasteiger partial charge >= 0.3 is 0 Å². The topological polar surface area (TPSA) is 12.0 Å². The van der Waals surface area contributed by atoms with Crippen LogP contribution >= 0.6 is 11.3 Å². The fourth-order valence-corrected chi connectivity index (χ4v) is 5.37. The highest BCUT2D eigenvalue weighted by atomic mass is 32.1. The number of thiophene rings is 1. The van der Waals surface area contributed by atoms with Crippen molar-refractivity contribution in [3.05, 3.63) is 22.4 Å². The van der Waals surface area contributed by atoms with Gasteiger partial charge in [0, 0.05) is 10.9 Å². The summed E-state index contributed by atoms with van der Waals surface area (Å²) < 4.78 is 0. The molecule has 3 rings (SSSR count). The van der Waals surface area contributed by atoms with Crippen LogP contribution in [-0.2, 0) is 6.42 Å². The maximum Gasteiger partial charge on any atom is 0.00958 e. The summed E-state index contributed by atoms with van der Waals surface area (Å²) in [5.74, 6) is 3.06. The van der Waals surface area contributed by atoms with Crippen LogP contribution in [-0.4, -0.2) is 13.1 Å². The van der Waals surface area contributed by atoms with Crippen molar-refractivity contribution in [1.29, 1.82) is 0 Å². The average Bonchev–Trinajstić information content (AvgIpc) is 3.01. The van der Waals surface area contributed by atoms with Crippen LogP contribution in [0.1, 0.15) is 56.2 Å². The lowest BCUT2D eigenvalue weighted by molar-refractivity contribution is 0.109. The van der Waals surface area contributed by atoms with E-state index in [1.165, 1.54) is 57.8 Å². The van der Waals surface area contributed by atoms with E-state index in [1.807, 2.05) is 11.3 Å². The van der Waals surface area contributed by atoms with E-state index in [2.05, 4.69) is 29.9 Å². The van der Waals surface area contributed by atoms with E-state index >= 15 is 0 Å². The maximum atomic E-state index is 3.63. The van der Waals surface area contributed by atoms with E-state index in [4.69, 9.17) is 0 Å². The van der Waals surface area contributed by atoms with Crippen LogP contribution in [0.3, 0.4) is 0 Å². The SMILES string of the molecule is CNC(CCc1cccs1)C1CCC2CCCCC2C1. The number of rotatable bonds is 5.